The summed E-state index contributed by atoms with van der Waals surface area (Å²) in [6.45, 7) is 5.48. The fourth-order valence-electron chi connectivity index (χ4n) is 2.07. The van der Waals surface area contributed by atoms with Gasteiger partial charge in [0, 0.05) is 6.54 Å². The molecule has 1 aliphatic rings. The lowest BCUT2D eigenvalue weighted by molar-refractivity contribution is 0.158. The molecule has 5 heteroatoms. The lowest BCUT2D eigenvalue weighted by Gasteiger charge is -2.24. The molecule has 0 bridgehead atoms. The number of nitrogens with one attached hydrogen (secondary N) is 1. The first-order valence-electron chi connectivity index (χ1n) is 5.63. The van der Waals surface area contributed by atoms with Gasteiger partial charge in [-0.05, 0) is 23.1 Å². The van der Waals surface area contributed by atoms with Gasteiger partial charge in [-0.3, -0.25) is 0 Å². The zero-order chi connectivity index (χ0) is 12.4. The van der Waals surface area contributed by atoms with Crippen LogP contribution in [0.2, 0.25) is 5.02 Å². The van der Waals surface area contributed by atoms with Gasteiger partial charge in [0.2, 0.25) is 0 Å². The minimum Gasteiger partial charge on any atom is -0.486 e. The summed E-state index contributed by atoms with van der Waals surface area (Å²) in [5, 5.41) is 9.44. The highest BCUT2D eigenvalue weighted by atomic mass is 35.5. The largest absolute Gasteiger partial charge is 0.486 e. The number of hydroxylamine groups is 1. The van der Waals surface area contributed by atoms with Crippen LogP contribution in [0, 0.1) is 0 Å². The van der Waals surface area contributed by atoms with Crippen molar-refractivity contribution < 1.29 is 14.7 Å². The number of halogens is 1. The average Bonchev–Trinajstić information content (AvgIpc) is 2.29. The van der Waals surface area contributed by atoms with Crippen molar-refractivity contribution in [1.29, 1.82) is 0 Å². The fourth-order valence-corrected chi connectivity index (χ4v) is 2.55. The molecule has 0 fully saturated rings. The van der Waals surface area contributed by atoms with Crippen LogP contribution in [-0.4, -0.2) is 18.4 Å². The van der Waals surface area contributed by atoms with Gasteiger partial charge in [0.15, 0.2) is 11.5 Å². The second kappa shape index (κ2) is 5.12. The van der Waals surface area contributed by atoms with Gasteiger partial charge in [0.25, 0.3) is 0 Å². The highest BCUT2D eigenvalue weighted by molar-refractivity contribution is 6.33. The molecule has 4 nitrogen and oxygen atoms in total. The smallest absolute Gasteiger partial charge is 0.180 e. The molecule has 0 unspecified atom stereocenters. The van der Waals surface area contributed by atoms with Crippen LogP contribution in [0.1, 0.15) is 30.9 Å². The Kier molecular flexibility index (Phi) is 3.76. The fraction of sp³-hybridized carbons (Fsp3) is 0.500. The van der Waals surface area contributed by atoms with E-state index in [1.165, 1.54) is 0 Å². The molecule has 1 aromatic carbocycles. The Balaban J connectivity index is 2.55. The van der Waals surface area contributed by atoms with Crippen LogP contribution in [0.5, 0.6) is 11.5 Å². The van der Waals surface area contributed by atoms with Gasteiger partial charge in [0.05, 0.1) is 5.02 Å². The van der Waals surface area contributed by atoms with Crippen LogP contribution in [0.3, 0.4) is 0 Å². The zero-order valence-corrected chi connectivity index (χ0v) is 10.7. The number of hydrogen-bond donors (Lipinski definition) is 2. The summed E-state index contributed by atoms with van der Waals surface area (Å²) in [6.07, 6.45) is 0. The molecule has 17 heavy (non-hydrogen) atoms. The van der Waals surface area contributed by atoms with Crippen LogP contribution in [0.15, 0.2) is 6.07 Å². The number of hydrogen-bond acceptors (Lipinski definition) is 4. The number of benzene rings is 1. The summed E-state index contributed by atoms with van der Waals surface area (Å²) < 4.78 is 11.0. The monoisotopic (exact) mass is 257 g/mol. The highest BCUT2D eigenvalue weighted by Gasteiger charge is 2.22. The molecule has 0 aliphatic carbocycles. The van der Waals surface area contributed by atoms with Gasteiger partial charge in [-0.1, -0.05) is 25.4 Å². The van der Waals surface area contributed by atoms with Crippen molar-refractivity contribution in [1.82, 2.24) is 5.48 Å². The van der Waals surface area contributed by atoms with Crippen molar-refractivity contribution in [3.05, 3.63) is 22.2 Å². The Morgan fingerprint density at radius 1 is 1.41 bits per heavy atom. The lowest BCUT2D eigenvalue weighted by atomic mass is 9.96. The van der Waals surface area contributed by atoms with Gasteiger partial charge < -0.3 is 14.7 Å². The molecule has 1 aromatic rings. The van der Waals surface area contributed by atoms with E-state index in [0.29, 0.717) is 36.3 Å². The normalized spacial score (nSPS) is 14.2. The van der Waals surface area contributed by atoms with E-state index in [0.717, 1.165) is 11.1 Å². The summed E-state index contributed by atoms with van der Waals surface area (Å²) in [5.74, 6) is 1.51. The summed E-state index contributed by atoms with van der Waals surface area (Å²) in [5.41, 5.74) is 4.07. The number of fused-ring (bicyclic) bond motifs is 1. The Hall–Kier alpha value is -0.970. The van der Waals surface area contributed by atoms with Crippen LogP contribution in [0.4, 0.5) is 0 Å². The average molecular weight is 258 g/mol. The third-order valence-electron chi connectivity index (χ3n) is 2.75. The molecule has 0 radical (unpaired) electrons. The first-order valence-corrected chi connectivity index (χ1v) is 6.00. The van der Waals surface area contributed by atoms with Crippen molar-refractivity contribution in [2.24, 2.45) is 0 Å². The predicted octanol–water partition coefficient (Wildman–Crippen LogP) is 2.71. The van der Waals surface area contributed by atoms with E-state index >= 15 is 0 Å². The van der Waals surface area contributed by atoms with Crippen LogP contribution < -0.4 is 15.0 Å². The topological polar surface area (TPSA) is 50.7 Å². The molecule has 0 amide bonds. The first kappa shape index (κ1) is 12.5. The quantitative estimate of drug-likeness (QED) is 0.818. The Bertz CT molecular complexity index is 421. The summed E-state index contributed by atoms with van der Waals surface area (Å²) in [7, 11) is 0. The standard InChI is InChI=1S/C12H16ClNO3/c1-7(2)10-8(6-14-15)5-9-12(11(10)13)17-4-3-16-9/h5,7,14-15H,3-4,6H2,1-2H3. The van der Waals surface area contributed by atoms with E-state index in [4.69, 9.17) is 26.3 Å². The molecule has 94 valence electrons. The maximum atomic E-state index is 8.86. The van der Waals surface area contributed by atoms with Crippen LogP contribution in [-0.2, 0) is 6.54 Å². The van der Waals surface area contributed by atoms with Crippen molar-refractivity contribution >= 4 is 11.6 Å². The van der Waals surface area contributed by atoms with Crippen molar-refractivity contribution in [3.8, 4) is 11.5 Å². The molecule has 0 spiro atoms. The summed E-state index contributed by atoms with van der Waals surface area (Å²) in [6, 6.07) is 1.87. The molecule has 1 aliphatic heterocycles. The molecule has 0 aromatic heterocycles. The van der Waals surface area contributed by atoms with Gasteiger partial charge >= 0.3 is 0 Å². The maximum Gasteiger partial charge on any atom is 0.180 e. The van der Waals surface area contributed by atoms with Crippen molar-refractivity contribution in [2.45, 2.75) is 26.3 Å². The second-order valence-electron chi connectivity index (χ2n) is 4.28. The van der Waals surface area contributed by atoms with Crippen molar-refractivity contribution in [3.63, 3.8) is 0 Å². The van der Waals surface area contributed by atoms with E-state index < -0.39 is 0 Å². The molecular formula is C12H16ClNO3. The van der Waals surface area contributed by atoms with E-state index in [9.17, 15) is 0 Å². The molecule has 1 heterocycles. The minimum atomic E-state index is 0.252. The molecule has 0 atom stereocenters. The highest BCUT2D eigenvalue weighted by Crippen LogP contribution is 2.43. The number of ether oxygens (including phenoxy) is 2. The zero-order valence-electron chi connectivity index (χ0n) is 9.92. The third kappa shape index (κ3) is 2.34. The van der Waals surface area contributed by atoms with Crippen LogP contribution in [0.25, 0.3) is 0 Å². The van der Waals surface area contributed by atoms with Gasteiger partial charge in [-0.2, -0.15) is 0 Å². The molecule has 0 saturated carbocycles. The summed E-state index contributed by atoms with van der Waals surface area (Å²) >= 11 is 6.35. The van der Waals surface area contributed by atoms with Gasteiger partial charge in [-0.25, -0.2) is 5.48 Å². The SMILES string of the molecule is CC(C)c1c(CNO)cc2c(c1Cl)OCCO2. The number of rotatable bonds is 3. The Labute approximate surface area is 105 Å². The van der Waals surface area contributed by atoms with E-state index in [-0.39, 0.29) is 5.92 Å². The van der Waals surface area contributed by atoms with Crippen LogP contribution >= 0.6 is 11.6 Å². The first-order chi connectivity index (χ1) is 8.15. The Morgan fingerprint density at radius 2 is 2.12 bits per heavy atom. The predicted molar refractivity (Wildman–Crippen MR) is 65.2 cm³/mol. The molecule has 2 N–H and O–H groups in total. The molecular weight excluding hydrogens is 242 g/mol. The molecule has 0 saturated heterocycles. The van der Waals surface area contributed by atoms with E-state index in [1.807, 2.05) is 6.07 Å². The third-order valence-corrected chi connectivity index (χ3v) is 3.12. The maximum absolute atomic E-state index is 8.86. The van der Waals surface area contributed by atoms with Gasteiger partial charge in [-0.15, -0.1) is 0 Å². The molecule has 2 rings (SSSR count). The summed E-state index contributed by atoms with van der Waals surface area (Å²) in [4.78, 5) is 0. The van der Waals surface area contributed by atoms with E-state index in [1.54, 1.807) is 0 Å². The van der Waals surface area contributed by atoms with E-state index in [2.05, 4.69) is 19.3 Å². The lowest BCUT2D eigenvalue weighted by Crippen LogP contribution is -2.18. The Morgan fingerprint density at radius 3 is 2.76 bits per heavy atom. The van der Waals surface area contributed by atoms with Crippen molar-refractivity contribution in [2.75, 3.05) is 13.2 Å². The second-order valence-corrected chi connectivity index (χ2v) is 4.66. The minimum absolute atomic E-state index is 0.252. The van der Waals surface area contributed by atoms with Gasteiger partial charge in [0.1, 0.15) is 13.2 Å².